The van der Waals surface area contributed by atoms with Crippen LogP contribution in [0.15, 0.2) is 23.1 Å². The van der Waals surface area contributed by atoms with Gasteiger partial charge in [-0.1, -0.05) is 26.8 Å². The number of rotatable bonds is 2. The van der Waals surface area contributed by atoms with Crippen molar-refractivity contribution in [3.05, 3.63) is 23.8 Å². The van der Waals surface area contributed by atoms with E-state index in [2.05, 4.69) is 56.4 Å². The van der Waals surface area contributed by atoms with Gasteiger partial charge in [0.05, 0.1) is 5.69 Å². The number of benzene rings is 1. The Morgan fingerprint density at radius 3 is 2.36 bits per heavy atom. The molecule has 0 heterocycles. The van der Waals surface area contributed by atoms with E-state index < -0.39 is 0 Å². The maximum absolute atomic E-state index is 4.37. The molecule has 1 aromatic rings. The molecule has 0 saturated carbocycles. The molecule has 0 spiro atoms. The summed E-state index contributed by atoms with van der Waals surface area (Å²) in [7, 11) is 1.84. The molecular weight excluding hydrogens is 192 g/mol. The smallest absolute Gasteiger partial charge is 0.0623 e. The molecule has 0 aliphatic heterocycles. The van der Waals surface area contributed by atoms with Crippen LogP contribution in [0.5, 0.6) is 0 Å². The van der Waals surface area contributed by atoms with Crippen LogP contribution in [0.25, 0.3) is 0 Å². The fourth-order valence-corrected chi connectivity index (χ4v) is 1.43. The number of anilines is 1. The van der Waals surface area contributed by atoms with Crippen molar-refractivity contribution in [2.75, 3.05) is 12.5 Å². The molecule has 0 aromatic heterocycles. The number of hydrogen-bond acceptors (Lipinski definition) is 3. The second-order valence-electron chi connectivity index (χ2n) is 4.36. The molecular formula is C11H18N2S. The van der Waals surface area contributed by atoms with Crippen LogP contribution in [-0.2, 0) is 5.41 Å². The Bertz CT molecular complexity index is 316. The molecule has 0 amide bonds. The third-order valence-corrected chi connectivity index (χ3v) is 2.51. The molecule has 0 aliphatic carbocycles. The van der Waals surface area contributed by atoms with Crippen molar-refractivity contribution in [3.8, 4) is 0 Å². The molecule has 78 valence electrons. The Morgan fingerprint density at radius 1 is 1.21 bits per heavy atom. The van der Waals surface area contributed by atoms with E-state index in [1.165, 1.54) is 5.56 Å². The van der Waals surface area contributed by atoms with Crippen molar-refractivity contribution < 1.29 is 0 Å². The summed E-state index contributed by atoms with van der Waals surface area (Å²) in [4.78, 5) is 0.951. The Labute approximate surface area is 91.5 Å². The van der Waals surface area contributed by atoms with Crippen molar-refractivity contribution in [2.24, 2.45) is 0 Å². The first kappa shape index (κ1) is 11.4. The summed E-state index contributed by atoms with van der Waals surface area (Å²) in [5.74, 6) is 0. The van der Waals surface area contributed by atoms with Crippen LogP contribution in [0.4, 0.5) is 5.69 Å². The van der Waals surface area contributed by atoms with Crippen LogP contribution < -0.4 is 10.9 Å². The number of hydrazine groups is 1. The molecule has 0 aliphatic rings. The van der Waals surface area contributed by atoms with Gasteiger partial charge in [0.15, 0.2) is 0 Å². The minimum atomic E-state index is 0.172. The molecule has 0 atom stereocenters. The van der Waals surface area contributed by atoms with E-state index in [-0.39, 0.29) is 5.41 Å². The largest absolute Gasteiger partial charge is 0.321 e. The average molecular weight is 210 g/mol. The average Bonchev–Trinajstić information content (AvgIpc) is 2.07. The fourth-order valence-electron chi connectivity index (χ4n) is 1.24. The fraction of sp³-hybridized carbons (Fsp3) is 0.455. The maximum atomic E-state index is 4.37. The zero-order valence-electron chi connectivity index (χ0n) is 9.18. The Hall–Kier alpha value is -0.670. The van der Waals surface area contributed by atoms with E-state index >= 15 is 0 Å². The van der Waals surface area contributed by atoms with Gasteiger partial charge in [-0.3, -0.25) is 0 Å². The van der Waals surface area contributed by atoms with Gasteiger partial charge in [0, 0.05) is 11.9 Å². The first-order chi connectivity index (χ1) is 6.45. The second kappa shape index (κ2) is 4.24. The predicted molar refractivity (Wildman–Crippen MR) is 65.1 cm³/mol. The van der Waals surface area contributed by atoms with E-state index in [1.54, 1.807) is 0 Å². The van der Waals surface area contributed by atoms with Crippen LogP contribution >= 0.6 is 12.6 Å². The van der Waals surface area contributed by atoms with Crippen LogP contribution in [0.3, 0.4) is 0 Å². The van der Waals surface area contributed by atoms with Crippen molar-refractivity contribution in [1.29, 1.82) is 0 Å². The summed E-state index contributed by atoms with van der Waals surface area (Å²) >= 11 is 4.37. The Morgan fingerprint density at radius 2 is 1.86 bits per heavy atom. The lowest BCUT2D eigenvalue weighted by Crippen LogP contribution is -2.17. The maximum Gasteiger partial charge on any atom is 0.0623 e. The van der Waals surface area contributed by atoms with Crippen molar-refractivity contribution in [1.82, 2.24) is 5.43 Å². The third-order valence-electron chi connectivity index (χ3n) is 2.12. The molecule has 14 heavy (non-hydrogen) atoms. The van der Waals surface area contributed by atoms with Crippen molar-refractivity contribution in [2.45, 2.75) is 31.1 Å². The van der Waals surface area contributed by atoms with Gasteiger partial charge >= 0.3 is 0 Å². The van der Waals surface area contributed by atoms with Gasteiger partial charge in [-0.15, -0.1) is 12.6 Å². The van der Waals surface area contributed by atoms with Crippen LogP contribution in [0.2, 0.25) is 0 Å². The lowest BCUT2D eigenvalue weighted by molar-refractivity contribution is 0.590. The topological polar surface area (TPSA) is 24.1 Å². The van der Waals surface area contributed by atoms with E-state index in [0.29, 0.717) is 0 Å². The van der Waals surface area contributed by atoms with Gasteiger partial charge in [-0.05, 0) is 23.1 Å². The van der Waals surface area contributed by atoms with Gasteiger partial charge in [0.25, 0.3) is 0 Å². The van der Waals surface area contributed by atoms with Gasteiger partial charge in [0.2, 0.25) is 0 Å². The van der Waals surface area contributed by atoms with Crippen LogP contribution in [0, 0.1) is 0 Å². The molecule has 2 N–H and O–H groups in total. The monoisotopic (exact) mass is 210 g/mol. The highest BCUT2D eigenvalue weighted by Gasteiger charge is 2.14. The zero-order valence-corrected chi connectivity index (χ0v) is 10.1. The molecule has 0 bridgehead atoms. The summed E-state index contributed by atoms with van der Waals surface area (Å²) in [6.07, 6.45) is 0. The minimum Gasteiger partial charge on any atom is -0.321 e. The summed E-state index contributed by atoms with van der Waals surface area (Å²) in [6, 6.07) is 6.26. The van der Waals surface area contributed by atoms with Crippen molar-refractivity contribution in [3.63, 3.8) is 0 Å². The molecule has 0 fully saturated rings. The molecule has 1 rings (SSSR count). The number of thiol groups is 1. The van der Waals surface area contributed by atoms with E-state index in [9.17, 15) is 0 Å². The number of hydrogen-bond donors (Lipinski definition) is 3. The highest BCUT2D eigenvalue weighted by Crippen LogP contribution is 2.28. The summed E-state index contributed by atoms with van der Waals surface area (Å²) in [5.41, 5.74) is 8.45. The van der Waals surface area contributed by atoms with Gasteiger partial charge < -0.3 is 5.43 Å². The normalized spacial score (nSPS) is 11.5. The van der Waals surface area contributed by atoms with Crippen LogP contribution in [-0.4, -0.2) is 7.05 Å². The number of nitrogens with one attached hydrogen (secondary N) is 2. The Balaban J connectivity index is 3.06. The minimum absolute atomic E-state index is 0.172. The standard InChI is InChI=1S/C11H18N2S/c1-11(2,3)8-5-6-10(14)9(7-8)13-12-4/h5-7,12-14H,1-4H3. The molecule has 1 aromatic carbocycles. The molecule has 3 heteroatoms. The van der Waals surface area contributed by atoms with Gasteiger partial charge in [0.1, 0.15) is 0 Å². The zero-order chi connectivity index (χ0) is 10.8. The Kier molecular flexibility index (Phi) is 3.45. The highest BCUT2D eigenvalue weighted by atomic mass is 32.1. The third kappa shape index (κ3) is 2.66. The van der Waals surface area contributed by atoms with E-state index in [4.69, 9.17) is 0 Å². The first-order valence-electron chi connectivity index (χ1n) is 4.71. The molecule has 0 unspecified atom stereocenters. The lowest BCUT2D eigenvalue weighted by atomic mass is 9.87. The summed E-state index contributed by atoms with van der Waals surface area (Å²) in [6.45, 7) is 6.59. The van der Waals surface area contributed by atoms with Gasteiger partial charge in [-0.2, -0.15) is 0 Å². The summed E-state index contributed by atoms with van der Waals surface area (Å²) in [5, 5.41) is 0. The van der Waals surface area contributed by atoms with Crippen LogP contribution in [0.1, 0.15) is 26.3 Å². The first-order valence-corrected chi connectivity index (χ1v) is 5.16. The van der Waals surface area contributed by atoms with Crippen molar-refractivity contribution >= 4 is 18.3 Å². The molecule has 2 nitrogen and oxygen atoms in total. The molecule has 0 saturated heterocycles. The van der Waals surface area contributed by atoms with Gasteiger partial charge in [-0.25, -0.2) is 5.43 Å². The second-order valence-corrected chi connectivity index (χ2v) is 4.84. The SMILES string of the molecule is CNNc1cc(C(C)(C)C)ccc1S. The quantitative estimate of drug-likeness (QED) is 0.516. The predicted octanol–water partition coefficient (Wildman–Crippen LogP) is 2.82. The molecule has 0 radical (unpaired) electrons. The van der Waals surface area contributed by atoms with E-state index in [0.717, 1.165) is 10.6 Å². The van der Waals surface area contributed by atoms with E-state index in [1.807, 2.05) is 13.1 Å². The lowest BCUT2D eigenvalue weighted by Gasteiger charge is -2.20. The summed E-state index contributed by atoms with van der Waals surface area (Å²) < 4.78 is 0. The highest BCUT2D eigenvalue weighted by molar-refractivity contribution is 7.80.